The Morgan fingerprint density at radius 1 is 1.23 bits per heavy atom. The molecule has 2 heterocycles. The number of rotatable bonds is 4. The van der Waals surface area contributed by atoms with E-state index < -0.39 is 0 Å². The molecule has 0 bridgehead atoms. The SMILES string of the molecule is C=CCN1CCC(NC(=NC)NC2C3CCOC3C23CCCC3)CC1.I. The molecule has 5 nitrogen and oxygen atoms in total. The Hall–Kier alpha value is -0.340. The summed E-state index contributed by atoms with van der Waals surface area (Å²) in [6.07, 6.45) is 11.4. The highest BCUT2D eigenvalue weighted by atomic mass is 127. The van der Waals surface area contributed by atoms with Crippen molar-refractivity contribution < 1.29 is 4.74 Å². The first kappa shape index (κ1) is 20.4. The molecule has 0 radical (unpaired) electrons. The maximum absolute atomic E-state index is 6.11. The largest absolute Gasteiger partial charge is 0.377 e. The number of guanidine groups is 1. The first-order chi connectivity index (χ1) is 12.3. The van der Waals surface area contributed by atoms with Crippen molar-refractivity contribution in [1.82, 2.24) is 15.5 Å². The van der Waals surface area contributed by atoms with Crippen molar-refractivity contribution >= 4 is 29.9 Å². The van der Waals surface area contributed by atoms with Gasteiger partial charge in [-0.05, 0) is 32.1 Å². The second-order valence-corrected chi connectivity index (χ2v) is 8.39. The minimum absolute atomic E-state index is 0. The van der Waals surface area contributed by atoms with Crippen molar-refractivity contribution in [2.75, 3.05) is 33.3 Å². The predicted molar refractivity (Wildman–Crippen MR) is 117 cm³/mol. The van der Waals surface area contributed by atoms with E-state index in [1.165, 1.54) is 44.9 Å². The minimum atomic E-state index is 0. The van der Waals surface area contributed by atoms with Gasteiger partial charge in [-0.2, -0.15) is 0 Å². The number of halogens is 1. The summed E-state index contributed by atoms with van der Waals surface area (Å²) >= 11 is 0. The van der Waals surface area contributed by atoms with E-state index in [4.69, 9.17) is 4.74 Å². The number of likely N-dealkylation sites (tertiary alicyclic amines) is 1. The van der Waals surface area contributed by atoms with Crippen LogP contribution in [0.2, 0.25) is 0 Å². The van der Waals surface area contributed by atoms with Gasteiger partial charge in [0.1, 0.15) is 0 Å². The summed E-state index contributed by atoms with van der Waals surface area (Å²) in [4.78, 5) is 7.03. The summed E-state index contributed by atoms with van der Waals surface area (Å²) in [6.45, 7) is 8.09. The first-order valence-electron chi connectivity index (χ1n) is 10.2. The molecule has 0 aromatic heterocycles. The lowest BCUT2D eigenvalue weighted by molar-refractivity contribution is -0.125. The molecular formula is C20H35IN4O. The predicted octanol–water partition coefficient (Wildman–Crippen LogP) is 2.77. The third-order valence-corrected chi connectivity index (χ3v) is 7.12. The van der Waals surface area contributed by atoms with Gasteiger partial charge in [-0.1, -0.05) is 18.9 Å². The number of ether oxygens (including phenoxy) is 1. The van der Waals surface area contributed by atoms with E-state index in [1.807, 2.05) is 13.1 Å². The van der Waals surface area contributed by atoms with Crippen LogP contribution >= 0.6 is 24.0 Å². The second kappa shape index (κ2) is 8.78. The highest BCUT2D eigenvalue weighted by Crippen LogP contribution is 2.60. The molecule has 3 atom stereocenters. The van der Waals surface area contributed by atoms with Gasteiger partial charge in [0.05, 0.1) is 6.10 Å². The van der Waals surface area contributed by atoms with Crippen LogP contribution in [0.5, 0.6) is 0 Å². The molecule has 4 fully saturated rings. The Bertz CT molecular complexity index is 512. The van der Waals surface area contributed by atoms with E-state index in [0.29, 0.717) is 29.5 Å². The molecule has 2 N–H and O–H groups in total. The number of fused-ring (bicyclic) bond motifs is 2. The van der Waals surface area contributed by atoms with Crippen LogP contribution in [0.15, 0.2) is 17.6 Å². The molecule has 2 saturated carbocycles. The van der Waals surface area contributed by atoms with Gasteiger partial charge in [0.25, 0.3) is 0 Å². The minimum Gasteiger partial charge on any atom is -0.377 e. The fourth-order valence-electron chi connectivity index (χ4n) is 5.86. The van der Waals surface area contributed by atoms with Crippen LogP contribution in [0.1, 0.15) is 44.9 Å². The molecule has 148 valence electrons. The Morgan fingerprint density at radius 2 is 1.96 bits per heavy atom. The Morgan fingerprint density at radius 3 is 2.62 bits per heavy atom. The molecule has 2 aliphatic heterocycles. The van der Waals surface area contributed by atoms with Gasteiger partial charge in [0.2, 0.25) is 0 Å². The van der Waals surface area contributed by atoms with Crippen LogP contribution in [-0.4, -0.2) is 62.3 Å². The summed E-state index contributed by atoms with van der Waals surface area (Å²) in [5.41, 5.74) is 0.381. The zero-order valence-corrected chi connectivity index (χ0v) is 18.4. The summed E-state index contributed by atoms with van der Waals surface area (Å²) < 4.78 is 6.11. The van der Waals surface area contributed by atoms with E-state index in [0.717, 1.165) is 32.2 Å². The fourth-order valence-corrected chi connectivity index (χ4v) is 5.86. The second-order valence-electron chi connectivity index (χ2n) is 8.39. The quantitative estimate of drug-likeness (QED) is 0.285. The lowest BCUT2D eigenvalue weighted by atomic mass is 9.54. The van der Waals surface area contributed by atoms with Crippen LogP contribution in [0.25, 0.3) is 0 Å². The molecule has 1 spiro atoms. The third-order valence-electron chi connectivity index (χ3n) is 7.12. The van der Waals surface area contributed by atoms with Gasteiger partial charge in [0.15, 0.2) is 5.96 Å². The van der Waals surface area contributed by atoms with Gasteiger partial charge in [-0.15, -0.1) is 30.6 Å². The number of hydrogen-bond donors (Lipinski definition) is 2. The highest BCUT2D eigenvalue weighted by molar-refractivity contribution is 14.0. The van der Waals surface area contributed by atoms with Crippen LogP contribution in [0.3, 0.4) is 0 Å². The molecule has 2 saturated heterocycles. The lowest BCUT2D eigenvalue weighted by Crippen LogP contribution is -2.69. The number of piperidine rings is 1. The zero-order valence-electron chi connectivity index (χ0n) is 16.1. The van der Waals surface area contributed by atoms with Crippen molar-refractivity contribution in [1.29, 1.82) is 0 Å². The molecule has 4 rings (SSSR count). The van der Waals surface area contributed by atoms with E-state index in [-0.39, 0.29) is 24.0 Å². The van der Waals surface area contributed by atoms with E-state index >= 15 is 0 Å². The van der Waals surface area contributed by atoms with Gasteiger partial charge >= 0.3 is 0 Å². The van der Waals surface area contributed by atoms with Crippen molar-refractivity contribution in [2.45, 2.75) is 63.1 Å². The Labute approximate surface area is 175 Å². The van der Waals surface area contributed by atoms with Gasteiger partial charge in [-0.3, -0.25) is 9.89 Å². The lowest BCUT2D eigenvalue weighted by Gasteiger charge is -2.57. The molecule has 2 aliphatic carbocycles. The van der Waals surface area contributed by atoms with Crippen LogP contribution < -0.4 is 10.6 Å². The fraction of sp³-hybridized carbons (Fsp3) is 0.850. The standard InChI is InChI=1S/C20H34N4O.HI/c1-3-11-24-12-6-15(7-13-24)22-19(21-2)23-17-16-8-14-25-18(16)20(17)9-4-5-10-20;/h3,15-18H,1,4-14H2,2H3,(H2,21,22,23);1H. The molecular weight excluding hydrogens is 439 g/mol. The van der Waals surface area contributed by atoms with Crippen LogP contribution in [0.4, 0.5) is 0 Å². The Kier molecular flexibility index (Phi) is 6.88. The van der Waals surface area contributed by atoms with Crippen LogP contribution in [0, 0.1) is 11.3 Å². The third kappa shape index (κ3) is 3.65. The van der Waals surface area contributed by atoms with Crippen LogP contribution in [-0.2, 0) is 4.74 Å². The summed E-state index contributed by atoms with van der Waals surface area (Å²) in [5.74, 6) is 1.69. The van der Waals surface area contributed by atoms with E-state index in [9.17, 15) is 0 Å². The van der Waals surface area contributed by atoms with Gasteiger partial charge in [-0.25, -0.2) is 0 Å². The topological polar surface area (TPSA) is 48.9 Å². The molecule has 0 aromatic carbocycles. The summed E-state index contributed by atoms with van der Waals surface area (Å²) in [5, 5.41) is 7.52. The number of nitrogens with zero attached hydrogens (tertiary/aromatic N) is 2. The first-order valence-corrected chi connectivity index (χ1v) is 10.2. The van der Waals surface area contributed by atoms with Crippen molar-refractivity contribution in [3.05, 3.63) is 12.7 Å². The molecule has 0 aromatic rings. The summed E-state index contributed by atoms with van der Waals surface area (Å²) in [7, 11) is 1.91. The van der Waals surface area contributed by atoms with Crippen molar-refractivity contribution in [2.24, 2.45) is 16.3 Å². The zero-order chi connectivity index (χ0) is 17.3. The van der Waals surface area contributed by atoms with E-state index in [1.54, 1.807) is 0 Å². The molecule has 26 heavy (non-hydrogen) atoms. The van der Waals surface area contributed by atoms with Gasteiger partial charge < -0.3 is 15.4 Å². The molecule has 0 amide bonds. The van der Waals surface area contributed by atoms with Crippen molar-refractivity contribution in [3.8, 4) is 0 Å². The highest BCUT2D eigenvalue weighted by Gasteiger charge is 2.65. The maximum Gasteiger partial charge on any atom is 0.191 e. The molecule has 4 aliphatic rings. The monoisotopic (exact) mass is 474 g/mol. The average Bonchev–Trinajstić information content (AvgIpc) is 3.29. The smallest absolute Gasteiger partial charge is 0.191 e. The van der Waals surface area contributed by atoms with E-state index in [2.05, 4.69) is 27.1 Å². The summed E-state index contributed by atoms with van der Waals surface area (Å²) in [6, 6.07) is 1.08. The maximum atomic E-state index is 6.11. The van der Waals surface area contributed by atoms with Crippen molar-refractivity contribution in [3.63, 3.8) is 0 Å². The number of aliphatic imine (C=N–C) groups is 1. The molecule has 6 heteroatoms. The number of hydrogen-bond acceptors (Lipinski definition) is 3. The van der Waals surface area contributed by atoms with Gasteiger partial charge in [0, 0.05) is 56.7 Å². The number of nitrogens with one attached hydrogen (secondary N) is 2. The molecule has 3 unspecified atom stereocenters. The Balaban J connectivity index is 0.00000196. The normalized spacial score (nSPS) is 34.0. The average molecular weight is 474 g/mol.